The molecule has 0 aromatic heterocycles. The van der Waals surface area contributed by atoms with Crippen molar-refractivity contribution in [1.82, 2.24) is 0 Å². The summed E-state index contributed by atoms with van der Waals surface area (Å²) in [5, 5.41) is 18.6. The lowest BCUT2D eigenvalue weighted by molar-refractivity contribution is 0.00737. The fourth-order valence-corrected chi connectivity index (χ4v) is 2.88. The van der Waals surface area contributed by atoms with E-state index in [2.05, 4.69) is 13.2 Å². The third-order valence-electron chi connectivity index (χ3n) is 4.28. The Morgan fingerprint density at radius 3 is 2.43 bits per heavy atom. The molecule has 4 heteroatoms. The van der Waals surface area contributed by atoms with Crippen LogP contribution in [0.25, 0.3) is 0 Å². The van der Waals surface area contributed by atoms with Crippen molar-refractivity contribution in [3.8, 4) is 5.75 Å². The molecule has 0 radical (unpaired) electrons. The molecule has 126 valence electrons. The van der Waals surface area contributed by atoms with Crippen LogP contribution in [0.4, 0.5) is 0 Å². The summed E-state index contributed by atoms with van der Waals surface area (Å²) in [4.78, 5) is 0. The van der Waals surface area contributed by atoms with Crippen LogP contribution in [0.1, 0.15) is 37.2 Å². The summed E-state index contributed by atoms with van der Waals surface area (Å²) in [7, 11) is 0. The van der Waals surface area contributed by atoms with E-state index in [9.17, 15) is 5.11 Å². The number of aliphatic hydroxyl groups is 2. The highest BCUT2D eigenvalue weighted by Crippen LogP contribution is 2.34. The quantitative estimate of drug-likeness (QED) is 0.571. The molecule has 1 aromatic rings. The van der Waals surface area contributed by atoms with Gasteiger partial charge in [-0.05, 0) is 49.3 Å². The van der Waals surface area contributed by atoms with Gasteiger partial charge in [-0.2, -0.15) is 0 Å². The van der Waals surface area contributed by atoms with Crippen LogP contribution in [-0.2, 0) is 4.74 Å². The third kappa shape index (κ3) is 5.20. The van der Waals surface area contributed by atoms with Gasteiger partial charge in [0.1, 0.15) is 5.75 Å². The monoisotopic (exact) mass is 318 g/mol. The zero-order valence-electron chi connectivity index (χ0n) is 13.5. The Hall–Kier alpha value is -1.62. The normalized spacial score (nSPS) is 22.3. The van der Waals surface area contributed by atoms with Crippen LogP contribution in [0.15, 0.2) is 49.1 Å². The van der Waals surface area contributed by atoms with Gasteiger partial charge in [0.05, 0.1) is 19.3 Å². The minimum Gasteiger partial charge on any atom is -0.461 e. The Bertz CT molecular complexity index is 501. The van der Waals surface area contributed by atoms with Crippen molar-refractivity contribution < 1.29 is 19.7 Å². The van der Waals surface area contributed by atoms with Crippen molar-refractivity contribution in [2.24, 2.45) is 0 Å². The first-order valence-corrected chi connectivity index (χ1v) is 8.09. The van der Waals surface area contributed by atoms with Gasteiger partial charge in [0.15, 0.2) is 0 Å². The van der Waals surface area contributed by atoms with Crippen LogP contribution in [0.2, 0.25) is 0 Å². The zero-order valence-corrected chi connectivity index (χ0v) is 13.5. The predicted molar refractivity (Wildman–Crippen MR) is 90.4 cm³/mol. The van der Waals surface area contributed by atoms with Gasteiger partial charge in [0, 0.05) is 5.57 Å². The number of rotatable bonds is 8. The summed E-state index contributed by atoms with van der Waals surface area (Å²) >= 11 is 0. The Labute approximate surface area is 138 Å². The van der Waals surface area contributed by atoms with Crippen LogP contribution >= 0.6 is 0 Å². The maximum absolute atomic E-state index is 9.69. The molecule has 1 aliphatic rings. The van der Waals surface area contributed by atoms with Gasteiger partial charge in [-0.25, -0.2) is 0 Å². The van der Waals surface area contributed by atoms with Crippen molar-refractivity contribution in [2.75, 3.05) is 13.2 Å². The van der Waals surface area contributed by atoms with E-state index in [-0.39, 0.29) is 12.2 Å². The minimum atomic E-state index is -1.18. The topological polar surface area (TPSA) is 58.9 Å². The smallest absolute Gasteiger partial charge is 0.222 e. The molecule has 1 aromatic carbocycles. The molecular weight excluding hydrogens is 292 g/mol. The Morgan fingerprint density at radius 2 is 1.87 bits per heavy atom. The molecule has 2 rings (SSSR count). The second kappa shape index (κ2) is 8.87. The predicted octanol–water partition coefficient (Wildman–Crippen LogP) is 3.16. The maximum atomic E-state index is 9.69. The van der Waals surface area contributed by atoms with E-state index >= 15 is 0 Å². The van der Waals surface area contributed by atoms with Gasteiger partial charge in [0.2, 0.25) is 6.29 Å². The van der Waals surface area contributed by atoms with E-state index < -0.39 is 6.29 Å². The minimum absolute atomic E-state index is 0.243. The molecule has 4 nitrogen and oxygen atoms in total. The highest BCUT2D eigenvalue weighted by Gasteiger charge is 2.22. The van der Waals surface area contributed by atoms with Gasteiger partial charge in [-0.3, -0.25) is 0 Å². The number of ether oxygens (including phenoxy) is 2. The Balaban J connectivity index is 1.85. The molecule has 1 aliphatic carbocycles. The van der Waals surface area contributed by atoms with Crippen molar-refractivity contribution in [2.45, 2.75) is 44.0 Å². The average Bonchev–Trinajstić information content (AvgIpc) is 2.60. The highest BCUT2D eigenvalue weighted by atomic mass is 16.6. The standard InChI is InChI=1S/C19H26O4/c1-3-12-22-17-8-4-15(5-9-17)16-6-10-18(11-7-16)23-19(21)14(2)13-20/h3,6-7,10-11,15,17,19-21H,1-2,4-5,8-9,12-13H2. The summed E-state index contributed by atoms with van der Waals surface area (Å²) in [6.07, 6.45) is 5.36. The summed E-state index contributed by atoms with van der Waals surface area (Å²) < 4.78 is 11.1. The molecule has 0 heterocycles. The van der Waals surface area contributed by atoms with Gasteiger partial charge in [-0.15, -0.1) is 6.58 Å². The van der Waals surface area contributed by atoms with Gasteiger partial charge in [0.25, 0.3) is 0 Å². The molecule has 0 spiro atoms. The molecule has 2 N–H and O–H groups in total. The second-order valence-corrected chi connectivity index (χ2v) is 5.95. The fourth-order valence-electron chi connectivity index (χ4n) is 2.88. The number of hydrogen-bond acceptors (Lipinski definition) is 4. The van der Waals surface area contributed by atoms with Crippen molar-refractivity contribution in [3.63, 3.8) is 0 Å². The van der Waals surface area contributed by atoms with Crippen LogP contribution in [0.5, 0.6) is 5.75 Å². The van der Waals surface area contributed by atoms with Crippen LogP contribution < -0.4 is 4.74 Å². The van der Waals surface area contributed by atoms with Gasteiger partial charge < -0.3 is 19.7 Å². The number of benzene rings is 1. The Morgan fingerprint density at radius 1 is 1.22 bits per heavy atom. The van der Waals surface area contributed by atoms with Gasteiger partial charge >= 0.3 is 0 Å². The van der Waals surface area contributed by atoms with Crippen LogP contribution in [0.3, 0.4) is 0 Å². The molecule has 1 atom stereocenters. The number of hydrogen-bond donors (Lipinski definition) is 2. The first kappa shape index (κ1) is 17.7. The van der Waals surface area contributed by atoms with Crippen molar-refractivity contribution in [3.05, 3.63) is 54.6 Å². The third-order valence-corrected chi connectivity index (χ3v) is 4.28. The van der Waals surface area contributed by atoms with Crippen molar-refractivity contribution in [1.29, 1.82) is 0 Å². The highest BCUT2D eigenvalue weighted by molar-refractivity contribution is 5.30. The molecular formula is C19H26O4. The molecule has 1 unspecified atom stereocenters. The lowest BCUT2D eigenvalue weighted by Crippen LogP contribution is -2.21. The molecule has 0 bridgehead atoms. The second-order valence-electron chi connectivity index (χ2n) is 5.95. The molecule has 1 fully saturated rings. The van der Waals surface area contributed by atoms with E-state index in [1.54, 1.807) is 6.08 Å². The summed E-state index contributed by atoms with van der Waals surface area (Å²) in [6, 6.07) is 7.78. The van der Waals surface area contributed by atoms with E-state index in [0.717, 1.165) is 25.7 Å². The summed E-state index contributed by atoms with van der Waals surface area (Å²) in [6.45, 7) is 7.56. The number of aliphatic hydroxyl groups excluding tert-OH is 2. The average molecular weight is 318 g/mol. The molecule has 0 amide bonds. The molecule has 1 saturated carbocycles. The first-order chi connectivity index (χ1) is 11.1. The fraction of sp³-hybridized carbons (Fsp3) is 0.474. The van der Waals surface area contributed by atoms with E-state index in [0.29, 0.717) is 24.4 Å². The van der Waals surface area contributed by atoms with E-state index in [1.807, 2.05) is 24.3 Å². The summed E-state index contributed by atoms with van der Waals surface area (Å²) in [5.41, 5.74) is 1.53. The lowest BCUT2D eigenvalue weighted by Gasteiger charge is -2.28. The van der Waals surface area contributed by atoms with Gasteiger partial charge in [-0.1, -0.05) is 24.8 Å². The Kier molecular flexibility index (Phi) is 6.84. The van der Waals surface area contributed by atoms with Crippen LogP contribution in [0, 0.1) is 0 Å². The molecule has 23 heavy (non-hydrogen) atoms. The molecule has 0 saturated heterocycles. The van der Waals surface area contributed by atoms with E-state index in [4.69, 9.17) is 14.6 Å². The largest absolute Gasteiger partial charge is 0.461 e. The molecule has 0 aliphatic heterocycles. The SMILES string of the molecule is C=CCOC1CCC(c2ccc(OC(O)C(=C)CO)cc2)CC1. The van der Waals surface area contributed by atoms with Crippen LogP contribution in [-0.4, -0.2) is 35.8 Å². The summed E-state index contributed by atoms with van der Waals surface area (Å²) in [5.74, 6) is 1.11. The maximum Gasteiger partial charge on any atom is 0.222 e. The lowest BCUT2D eigenvalue weighted by atomic mass is 9.83. The first-order valence-electron chi connectivity index (χ1n) is 8.09. The van der Waals surface area contributed by atoms with E-state index in [1.165, 1.54) is 5.56 Å². The van der Waals surface area contributed by atoms with Crippen molar-refractivity contribution >= 4 is 0 Å². The zero-order chi connectivity index (χ0) is 16.7.